The van der Waals surface area contributed by atoms with E-state index in [2.05, 4.69) is 10.6 Å². The highest BCUT2D eigenvalue weighted by Gasteiger charge is 2.32. The molecule has 4 amide bonds. The van der Waals surface area contributed by atoms with Gasteiger partial charge < -0.3 is 29.9 Å². The van der Waals surface area contributed by atoms with E-state index < -0.39 is 29.6 Å². The highest BCUT2D eigenvalue weighted by atomic mass is 16.6. The van der Waals surface area contributed by atoms with Crippen molar-refractivity contribution in [2.24, 2.45) is 11.8 Å². The third kappa shape index (κ3) is 10.6. The van der Waals surface area contributed by atoms with Crippen LogP contribution in [-0.2, 0) is 23.9 Å². The number of nitrogens with zero attached hydrogens (tertiary/aromatic N) is 2. The van der Waals surface area contributed by atoms with E-state index in [0.29, 0.717) is 56.9 Å². The Balaban J connectivity index is 1.48. The SMILES string of the molecule is CCOC(=O)C[C@H](NC(=O)c1ccccc1)NC(=O)[C@@H]1CCCN(C(=O)CCC2CCN(C(=O)OC(C)(C)C)CC2)C1. The lowest BCUT2D eigenvalue weighted by molar-refractivity contribution is -0.144. The molecule has 2 heterocycles. The fourth-order valence-electron chi connectivity index (χ4n) is 5.28. The lowest BCUT2D eigenvalue weighted by Crippen LogP contribution is -2.53. The molecule has 2 N–H and O–H groups in total. The van der Waals surface area contributed by atoms with Crippen LogP contribution < -0.4 is 10.6 Å². The summed E-state index contributed by atoms with van der Waals surface area (Å²) in [5, 5.41) is 5.51. The quantitative estimate of drug-likeness (QED) is 0.317. The molecule has 2 aliphatic rings. The molecule has 0 bridgehead atoms. The number of ether oxygens (including phenoxy) is 2. The topological polar surface area (TPSA) is 134 Å². The Morgan fingerprint density at radius 1 is 0.952 bits per heavy atom. The minimum atomic E-state index is -0.943. The van der Waals surface area contributed by atoms with Crippen molar-refractivity contribution in [1.82, 2.24) is 20.4 Å². The standard InChI is InChI=1S/C31H46N4O7/c1-5-41-27(37)20-25(32-28(38)23-10-7-6-8-11-23)33-29(39)24-12-9-17-35(21-24)26(36)14-13-22-15-18-34(19-16-22)30(40)42-31(2,3)4/h6-8,10-11,22,24-25H,5,9,12-21H2,1-4H3,(H,32,38)(H,33,39)/t24-,25-/m1/s1. The van der Waals surface area contributed by atoms with Gasteiger partial charge in [-0.3, -0.25) is 19.2 Å². The second kappa shape index (κ2) is 15.6. The molecule has 2 saturated heterocycles. The van der Waals surface area contributed by atoms with E-state index in [1.165, 1.54) is 0 Å². The molecule has 2 atom stereocenters. The van der Waals surface area contributed by atoms with Crippen LogP contribution in [0, 0.1) is 11.8 Å². The van der Waals surface area contributed by atoms with Crippen LogP contribution in [0.4, 0.5) is 4.79 Å². The average molecular weight is 587 g/mol. The molecule has 0 radical (unpaired) electrons. The minimum Gasteiger partial charge on any atom is -0.466 e. The van der Waals surface area contributed by atoms with Gasteiger partial charge in [0.2, 0.25) is 11.8 Å². The predicted molar refractivity (Wildman–Crippen MR) is 156 cm³/mol. The number of piperidine rings is 2. The van der Waals surface area contributed by atoms with Crippen LogP contribution in [0.1, 0.15) is 83.0 Å². The summed E-state index contributed by atoms with van der Waals surface area (Å²) in [5.41, 5.74) is -0.118. The molecule has 3 rings (SSSR count). The zero-order valence-electron chi connectivity index (χ0n) is 25.4. The van der Waals surface area contributed by atoms with Gasteiger partial charge in [-0.1, -0.05) is 18.2 Å². The fraction of sp³-hybridized carbons (Fsp3) is 0.645. The maximum absolute atomic E-state index is 13.2. The first-order valence-corrected chi connectivity index (χ1v) is 15.0. The van der Waals surface area contributed by atoms with Crippen molar-refractivity contribution in [3.8, 4) is 0 Å². The van der Waals surface area contributed by atoms with E-state index in [1.54, 1.807) is 47.1 Å². The van der Waals surface area contributed by atoms with Crippen molar-refractivity contribution < 1.29 is 33.4 Å². The van der Waals surface area contributed by atoms with Crippen LogP contribution in [0.15, 0.2) is 30.3 Å². The maximum atomic E-state index is 13.2. The molecule has 0 unspecified atom stereocenters. The maximum Gasteiger partial charge on any atom is 0.410 e. The van der Waals surface area contributed by atoms with Gasteiger partial charge in [0.05, 0.1) is 18.9 Å². The predicted octanol–water partition coefficient (Wildman–Crippen LogP) is 3.48. The molecule has 0 aliphatic carbocycles. The number of carbonyl (C=O) groups is 5. The molecule has 1 aromatic rings. The van der Waals surface area contributed by atoms with Crippen molar-refractivity contribution in [2.45, 2.75) is 84.4 Å². The Labute approximate surface area is 248 Å². The van der Waals surface area contributed by atoms with E-state index in [-0.39, 0.29) is 30.9 Å². The molecule has 0 aromatic heterocycles. The normalized spacial score (nSPS) is 18.5. The molecule has 2 aliphatic heterocycles. The first-order chi connectivity index (χ1) is 19.9. The molecular weight excluding hydrogens is 540 g/mol. The molecule has 11 heteroatoms. The van der Waals surface area contributed by atoms with Crippen LogP contribution in [-0.4, -0.2) is 84.1 Å². The van der Waals surface area contributed by atoms with Gasteiger partial charge in [0.25, 0.3) is 5.91 Å². The summed E-state index contributed by atoms with van der Waals surface area (Å²) in [5.74, 6) is -1.34. The number of amides is 4. The van der Waals surface area contributed by atoms with Gasteiger partial charge in [-0.15, -0.1) is 0 Å². The number of nitrogens with one attached hydrogen (secondary N) is 2. The lowest BCUT2D eigenvalue weighted by Gasteiger charge is -2.35. The molecule has 0 spiro atoms. The van der Waals surface area contributed by atoms with Crippen molar-refractivity contribution in [1.29, 1.82) is 0 Å². The van der Waals surface area contributed by atoms with Gasteiger partial charge in [0, 0.05) is 38.2 Å². The molecule has 11 nitrogen and oxygen atoms in total. The summed E-state index contributed by atoms with van der Waals surface area (Å²) in [6, 6.07) is 8.55. The van der Waals surface area contributed by atoms with Crippen molar-refractivity contribution in [2.75, 3.05) is 32.8 Å². The molecule has 42 heavy (non-hydrogen) atoms. The summed E-state index contributed by atoms with van der Waals surface area (Å²) in [7, 11) is 0. The van der Waals surface area contributed by atoms with E-state index >= 15 is 0 Å². The van der Waals surface area contributed by atoms with E-state index in [0.717, 1.165) is 19.3 Å². The zero-order chi connectivity index (χ0) is 30.7. The summed E-state index contributed by atoms with van der Waals surface area (Å²) in [6.45, 7) is 9.55. The van der Waals surface area contributed by atoms with E-state index in [1.807, 2.05) is 20.8 Å². The fourth-order valence-corrected chi connectivity index (χ4v) is 5.28. The van der Waals surface area contributed by atoms with Gasteiger partial charge in [0.15, 0.2) is 0 Å². The van der Waals surface area contributed by atoms with Crippen LogP contribution >= 0.6 is 0 Å². The third-order valence-corrected chi connectivity index (χ3v) is 7.51. The Hall–Kier alpha value is -3.63. The van der Waals surface area contributed by atoms with E-state index in [9.17, 15) is 24.0 Å². The monoisotopic (exact) mass is 586 g/mol. The van der Waals surface area contributed by atoms with Gasteiger partial charge in [-0.2, -0.15) is 0 Å². The number of likely N-dealkylation sites (tertiary alicyclic amines) is 2. The van der Waals surface area contributed by atoms with E-state index in [4.69, 9.17) is 9.47 Å². The first kappa shape index (κ1) is 32.9. The van der Waals surface area contributed by atoms with Crippen molar-refractivity contribution in [3.05, 3.63) is 35.9 Å². The van der Waals surface area contributed by atoms with Crippen molar-refractivity contribution >= 4 is 29.8 Å². The van der Waals surface area contributed by atoms with Gasteiger partial charge >= 0.3 is 12.1 Å². The lowest BCUT2D eigenvalue weighted by atomic mass is 9.91. The van der Waals surface area contributed by atoms with Crippen LogP contribution in [0.3, 0.4) is 0 Å². The molecule has 0 saturated carbocycles. The van der Waals surface area contributed by atoms with Crippen LogP contribution in [0.2, 0.25) is 0 Å². The first-order valence-electron chi connectivity index (χ1n) is 15.0. The molecule has 1 aromatic carbocycles. The smallest absolute Gasteiger partial charge is 0.410 e. The minimum absolute atomic E-state index is 0.0162. The highest BCUT2D eigenvalue weighted by molar-refractivity contribution is 5.95. The summed E-state index contributed by atoms with van der Waals surface area (Å²) < 4.78 is 10.5. The number of benzene rings is 1. The van der Waals surface area contributed by atoms with Gasteiger partial charge in [-0.05, 0) is 77.8 Å². The summed E-state index contributed by atoms with van der Waals surface area (Å²) >= 11 is 0. The average Bonchev–Trinajstić information content (AvgIpc) is 2.95. The molecule has 2 fully saturated rings. The third-order valence-electron chi connectivity index (χ3n) is 7.51. The van der Waals surface area contributed by atoms with Gasteiger partial charge in [0.1, 0.15) is 11.8 Å². The number of carbonyl (C=O) groups excluding carboxylic acids is 5. The number of hydrogen-bond acceptors (Lipinski definition) is 7. The second-order valence-electron chi connectivity index (χ2n) is 12.0. The number of rotatable bonds is 10. The Kier molecular flexibility index (Phi) is 12.2. The molecular formula is C31H46N4O7. The number of hydrogen-bond donors (Lipinski definition) is 2. The van der Waals surface area contributed by atoms with Crippen LogP contribution in [0.5, 0.6) is 0 Å². The number of esters is 1. The Morgan fingerprint density at radius 3 is 2.29 bits per heavy atom. The summed E-state index contributed by atoms with van der Waals surface area (Å²) in [4.78, 5) is 67.0. The Morgan fingerprint density at radius 2 is 1.64 bits per heavy atom. The highest BCUT2D eigenvalue weighted by Crippen LogP contribution is 2.25. The molecule has 232 valence electrons. The van der Waals surface area contributed by atoms with Gasteiger partial charge in [-0.25, -0.2) is 4.79 Å². The largest absolute Gasteiger partial charge is 0.466 e. The second-order valence-corrected chi connectivity index (χ2v) is 12.0. The Bertz CT molecular complexity index is 1080. The zero-order valence-corrected chi connectivity index (χ0v) is 25.4. The van der Waals surface area contributed by atoms with Crippen LogP contribution in [0.25, 0.3) is 0 Å². The summed E-state index contributed by atoms with van der Waals surface area (Å²) in [6.07, 6.45) is 2.64. The van der Waals surface area contributed by atoms with Crippen molar-refractivity contribution in [3.63, 3.8) is 0 Å².